The maximum absolute atomic E-state index is 13.0. The molecule has 0 atom stereocenters. The van der Waals surface area contributed by atoms with Gasteiger partial charge in [0.2, 0.25) is 0 Å². The van der Waals surface area contributed by atoms with Gasteiger partial charge in [-0.3, -0.25) is 9.03 Å². The van der Waals surface area contributed by atoms with Gasteiger partial charge in [-0.25, -0.2) is 4.79 Å². The molecule has 0 N–H and O–H groups in total. The number of nitrogens with zero attached hydrogens (tertiary/aromatic N) is 2. The Hall–Kier alpha value is -1.10. The van der Waals surface area contributed by atoms with Crippen LogP contribution in [0.25, 0.3) is 0 Å². The Labute approximate surface area is 117 Å². The molecule has 0 spiro atoms. The van der Waals surface area contributed by atoms with Crippen molar-refractivity contribution in [2.24, 2.45) is 0 Å². The lowest BCUT2D eigenvalue weighted by molar-refractivity contribution is -0.139. The lowest BCUT2D eigenvalue weighted by atomic mass is 10.3. The maximum Gasteiger partial charge on any atom is 0.423 e. The van der Waals surface area contributed by atoms with Gasteiger partial charge in [-0.05, 0) is 0 Å². The molecule has 9 heteroatoms. The first-order valence-electron chi connectivity index (χ1n) is 6.14. The average molecular weight is 324 g/mol. The summed E-state index contributed by atoms with van der Waals surface area (Å²) in [5.74, 6) is 0. The van der Waals surface area contributed by atoms with Crippen molar-refractivity contribution in [2.75, 3.05) is 0 Å². The first kappa shape index (κ1) is 17.0. The fourth-order valence-electron chi connectivity index (χ4n) is 1.82. The number of halogens is 3. The summed E-state index contributed by atoms with van der Waals surface area (Å²) in [6, 6.07) is 0. The predicted octanol–water partition coefficient (Wildman–Crippen LogP) is 2.39. The summed E-state index contributed by atoms with van der Waals surface area (Å²) in [6.07, 6.45) is -4.07. The largest absolute Gasteiger partial charge is 0.423 e. The molecule has 1 heterocycles. The van der Waals surface area contributed by atoms with Crippen LogP contribution in [0.2, 0.25) is 39.3 Å². The van der Waals surface area contributed by atoms with Crippen LogP contribution in [0, 0.1) is 0 Å². The highest BCUT2D eigenvalue weighted by Gasteiger charge is 2.39. The average Bonchev–Trinajstić information content (AvgIpc) is 2.10. The molecule has 4 nitrogen and oxygen atoms in total. The molecule has 0 saturated heterocycles. The number of hydrogen-bond acceptors (Lipinski definition) is 2. The van der Waals surface area contributed by atoms with Crippen molar-refractivity contribution in [3.8, 4) is 0 Å². The van der Waals surface area contributed by atoms with Crippen LogP contribution >= 0.6 is 0 Å². The van der Waals surface area contributed by atoms with Gasteiger partial charge in [-0.1, -0.05) is 39.3 Å². The minimum atomic E-state index is -4.76. The molecule has 1 aromatic rings. The van der Waals surface area contributed by atoms with E-state index < -0.39 is 39.5 Å². The third kappa shape index (κ3) is 3.14. The van der Waals surface area contributed by atoms with Crippen LogP contribution in [0.4, 0.5) is 13.2 Å². The Balaban J connectivity index is 3.97. The number of alkyl halides is 3. The van der Waals surface area contributed by atoms with E-state index in [1.807, 2.05) is 0 Å². The van der Waals surface area contributed by atoms with E-state index >= 15 is 0 Å². The Morgan fingerprint density at radius 2 is 1.40 bits per heavy atom. The summed E-state index contributed by atoms with van der Waals surface area (Å²) >= 11 is 0. The van der Waals surface area contributed by atoms with Crippen LogP contribution in [-0.2, 0) is 6.18 Å². The van der Waals surface area contributed by atoms with Crippen molar-refractivity contribution >= 4 is 16.5 Å². The topological polar surface area (TPSA) is 44.0 Å². The summed E-state index contributed by atoms with van der Waals surface area (Å²) in [7, 11) is -4.90. The van der Waals surface area contributed by atoms with Crippen molar-refractivity contribution in [1.82, 2.24) is 8.47 Å². The van der Waals surface area contributed by atoms with Gasteiger partial charge in [0.15, 0.2) is 16.5 Å². The first-order valence-corrected chi connectivity index (χ1v) is 13.0. The quantitative estimate of drug-likeness (QED) is 0.784. The Kier molecular flexibility index (Phi) is 4.01. The Bertz CT molecular complexity index is 587. The molecule has 1 rings (SSSR count). The van der Waals surface area contributed by atoms with Crippen molar-refractivity contribution < 1.29 is 13.2 Å². The smallest absolute Gasteiger partial charge is 0.329 e. The maximum atomic E-state index is 13.0. The number of aromatic nitrogens is 2. The van der Waals surface area contributed by atoms with Crippen LogP contribution in [0.5, 0.6) is 0 Å². The zero-order valence-electron chi connectivity index (χ0n) is 12.4. The van der Waals surface area contributed by atoms with Crippen molar-refractivity contribution in [2.45, 2.75) is 45.5 Å². The van der Waals surface area contributed by atoms with Gasteiger partial charge in [-0.15, -0.1) is 0 Å². The van der Waals surface area contributed by atoms with Gasteiger partial charge in [0, 0.05) is 6.20 Å². The summed E-state index contributed by atoms with van der Waals surface area (Å²) in [5.41, 5.74) is -3.11. The molecule has 114 valence electrons. The molecular formula is C11H19F3N2O2Si2. The molecular weight excluding hydrogens is 305 g/mol. The highest BCUT2D eigenvalue weighted by molar-refractivity contribution is 6.75. The molecule has 0 bridgehead atoms. The van der Waals surface area contributed by atoms with E-state index in [0.29, 0.717) is 6.20 Å². The van der Waals surface area contributed by atoms with Crippen molar-refractivity contribution in [1.29, 1.82) is 0 Å². The summed E-state index contributed by atoms with van der Waals surface area (Å²) < 4.78 is 41.0. The van der Waals surface area contributed by atoms with E-state index in [9.17, 15) is 22.8 Å². The molecule has 0 unspecified atom stereocenters. The lowest BCUT2D eigenvalue weighted by Gasteiger charge is -2.27. The van der Waals surface area contributed by atoms with E-state index in [1.165, 1.54) is 0 Å². The Morgan fingerprint density at radius 1 is 0.950 bits per heavy atom. The molecule has 0 aliphatic heterocycles. The minimum Gasteiger partial charge on any atom is -0.329 e. The monoisotopic (exact) mass is 324 g/mol. The van der Waals surface area contributed by atoms with Crippen molar-refractivity contribution in [3.05, 3.63) is 32.6 Å². The Morgan fingerprint density at radius 3 is 1.70 bits per heavy atom. The van der Waals surface area contributed by atoms with Crippen molar-refractivity contribution in [3.63, 3.8) is 0 Å². The molecule has 0 amide bonds. The van der Waals surface area contributed by atoms with E-state index in [-0.39, 0.29) is 0 Å². The fraction of sp³-hybridized carbons (Fsp3) is 0.636. The van der Waals surface area contributed by atoms with Gasteiger partial charge in [-0.2, -0.15) is 13.2 Å². The second kappa shape index (κ2) is 4.73. The van der Waals surface area contributed by atoms with E-state index in [1.54, 1.807) is 39.3 Å². The van der Waals surface area contributed by atoms with Crippen LogP contribution in [0.3, 0.4) is 0 Å². The van der Waals surface area contributed by atoms with Gasteiger partial charge in [0.25, 0.3) is 5.56 Å². The van der Waals surface area contributed by atoms with Gasteiger partial charge < -0.3 is 4.23 Å². The summed E-state index contributed by atoms with van der Waals surface area (Å²) in [4.78, 5) is 24.4. The SMILES string of the molecule is C[Si](C)(C)n1cc(C(F)(F)F)c(=O)n([Si](C)(C)C)c1=O. The lowest BCUT2D eigenvalue weighted by Crippen LogP contribution is -2.57. The molecule has 0 fully saturated rings. The van der Waals surface area contributed by atoms with Crippen LogP contribution in [0.1, 0.15) is 5.56 Å². The molecule has 1 aromatic heterocycles. The predicted molar refractivity (Wildman–Crippen MR) is 77.5 cm³/mol. The fourth-order valence-corrected chi connectivity index (χ4v) is 4.52. The standard InChI is InChI=1S/C11H19F3N2O2Si2/c1-19(2,3)15-7-8(11(12,13)14)9(17)16(10(15)18)20(4,5)6/h7H,1-6H3. The summed E-state index contributed by atoms with van der Waals surface area (Å²) in [6.45, 7) is 10.3. The number of hydrogen-bond donors (Lipinski definition) is 0. The van der Waals surface area contributed by atoms with Gasteiger partial charge in [0.1, 0.15) is 5.56 Å². The highest BCUT2D eigenvalue weighted by atomic mass is 28.3. The zero-order chi connectivity index (χ0) is 16.1. The molecule has 0 aliphatic carbocycles. The molecule has 0 aromatic carbocycles. The second-order valence-corrected chi connectivity index (χ2v) is 16.3. The van der Waals surface area contributed by atoms with E-state index in [4.69, 9.17) is 0 Å². The van der Waals surface area contributed by atoms with Gasteiger partial charge in [0.05, 0.1) is 0 Å². The second-order valence-electron chi connectivity index (χ2n) is 6.68. The number of rotatable bonds is 2. The van der Waals surface area contributed by atoms with E-state index in [0.717, 1.165) is 8.47 Å². The minimum absolute atomic E-state index is 0.624. The third-order valence-corrected chi connectivity index (χ3v) is 6.29. The van der Waals surface area contributed by atoms with E-state index in [2.05, 4.69) is 0 Å². The molecule has 0 aliphatic rings. The van der Waals surface area contributed by atoms with Gasteiger partial charge >= 0.3 is 11.9 Å². The van der Waals surface area contributed by atoms with Crippen LogP contribution in [0.15, 0.2) is 15.8 Å². The highest BCUT2D eigenvalue weighted by Crippen LogP contribution is 2.26. The third-order valence-electron chi connectivity index (χ3n) is 2.79. The normalized spacial score (nSPS) is 13.7. The van der Waals surface area contributed by atoms with Crippen LogP contribution < -0.4 is 11.2 Å². The molecule has 0 radical (unpaired) electrons. The zero-order valence-corrected chi connectivity index (χ0v) is 14.4. The molecule has 20 heavy (non-hydrogen) atoms. The molecule has 0 saturated carbocycles. The summed E-state index contributed by atoms with van der Waals surface area (Å²) in [5, 5.41) is 0. The van der Waals surface area contributed by atoms with Crippen LogP contribution in [-0.4, -0.2) is 24.9 Å². The first-order chi connectivity index (χ1) is 8.67.